The van der Waals surface area contributed by atoms with Crippen LogP contribution in [0.1, 0.15) is 51.0 Å². The Morgan fingerprint density at radius 3 is 2.86 bits per heavy atom. The Morgan fingerprint density at radius 2 is 2.11 bits per heavy atom. The van der Waals surface area contributed by atoms with E-state index in [2.05, 4.69) is 22.2 Å². The van der Waals surface area contributed by atoms with Crippen LogP contribution in [0.3, 0.4) is 0 Å². The zero-order chi connectivity index (χ0) is 19.7. The summed E-state index contributed by atoms with van der Waals surface area (Å²) in [5.74, 6) is 1.43. The van der Waals surface area contributed by atoms with Crippen LogP contribution < -0.4 is 5.32 Å². The molecule has 2 aliphatic rings. The molecule has 0 radical (unpaired) electrons. The quantitative estimate of drug-likeness (QED) is 0.403. The number of phenols is 1. The molecule has 1 aliphatic carbocycles. The highest BCUT2D eigenvalue weighted by Gasteiger charge is 2.40. The third-order valence-electron chi connectivity index (χ3n) is 5.55. The maximum Gasteiger partial charge on any atom is 0.237 e. The standard InChI is InChI=1S/C21H25N3O2S2/c1-3-16(19(26)24-13-5-7-14(25)8-6-13)27-20-18-15-9-4-12(2)10-17(15)28-21(18)23-11-22-20/h5-8,11-12,15-17,25H,3-4,9-10H2,1-2H3,(H,24,26). The molecule has 4 rings (SSSR count). The summed E-state index contributed by atoms with van der Waals surface area (Å²) in [5.41, 5.74) is 1.96. The summed E-state index contributed by atoms with van der Waals surface area (Å²) in [7, 11) is 0. The minimum atomic E-state index is -0.223. The number of fused-ring (bicyclic) bond motifs is 3. The molecule has 0 bridgehead atoms. The van der Waals surface area contributed by atoms with Gasteiger partial charge < -0.3 is 10.4 Å². The fraction of sp³-hybridized carbons (Fsp3) is 0.476. The molecule has 4 unspecified atom stereocenters. The predicted molar refractivity (Wildman–Crippen MR) is 114 cm³/mol. The fourth-order valence-corrected chi connectivity index (χ4v) is 6.81. The van der Waals surface area contributed by atoms with Gasteiger partial charge in [0.15, 0.2) is 0 Å². The molecule has 28 heavy (non-hydrogen) atoms. The molecule has 1 saturated carbocycles. The minimum absolute atomic E-state index is 0.0370. The number of carbonyl (C=O) groups excluding carboxylic acids is 1. The maximum atomic E-state index is 12.8. The van der Waals surface area contributed by atoms with Crippen molar-refractivity contribution in [2.24, 2.45) is 5.92 Å². The number of aromatic hydroxyl groups is 1. The van der Waals surface area contributed by atoms with E-state index in [9.17, 15) is 9.90 Å². The number of phenolic OH excluding ortho intramolecular Hbond substituents is 1. The molecule has 2 N–H and O–H groups in total. The van der Waals surface area contributed by atoms with Gasteiger partial charge in [0.25, 0.3) is 0 Å². The predicted octanol–water partition coefficient (Wildman–Crippen LogP) is 5.07. The summed E-state index contributed by atoms with van der Waals surface area (Å²) in [6.45, 7) is 4.36. The van der Waals surface area contributed by atoms with E-state index in [0.717, 1.165) is 16.0 Å². The van der Waals surface area contributed by atoms with Gasteiger partial charge in [-0.1, -0.05) is 32.0 Å². The normalized spacial score (nSPS) is 24.3. The van der Waals surface area contributed by atoms with Crippen molar-refractivity contribution in [2.45, 2.75) is 66.0 Å². The first-order valence-corrected chi connectivity index (χ1v) is 11.6. The number of hydrogen-bond acceptors (Lipinski definition) is 6. The van der Waals surface area contributed by atoms with Gasteiger partial charge >= 0.3 is 0 Å². The lowest BCUT2D eigenvalue weighted by molar-refractivity contribution is -0.115. The molecule has 4 atom stereocenters. The topological polar surface area (TPSA) is 75.1 Å². The SMILES string of the molecule is CCC(Sc1ncnc2c1C1CCC(C)CC1S2)C(=O)Nc1ccc(O)cc1. The lowest BCUT2D eigenvalue weighted by Crippen LogP contribution is -2.25. The molecule has 2 aromatic rings. The third-order valence-corrected chi connectivity index (χ3v) is 8.30. The van der Waals surface area contributed by atoms with Gasteiger partial charge in [0.2, 0.25) is 5.91 Å². The van der Waals surface area contributed by atoms with Gasteiger partial charge in [0, 0.05) is 22.4 Å². The highest BCUT2D eigenvalue weighted by atomic mass is 32.2. The number of thioether (sulfide) groups is 2. The molecule has 1 aromatic carbocycles. The van der Waals surface area contributed by atoms with Crippen LogP contribution in [-0.4, -0.2) is 31.5 Å². The smallest absolute Gasteiger partial charge is 0.237 e. The van der Waals surface area contributed by atoms with Crippen molar-refractivity contribution >= 4 is 35.1 Å². The van der Waals surface area contributed by atoms with E-state index in [1.165, 1.54) is 24.8 Å². The number of rotatable bonds is 5. The lowest BCUT2D eigenvalue weighted by Gasteiger charge is -2.29. The Labute approximate surface area is 174 Å². The van der Waals surface area contributed by atoms with E-state index >= 15 is 0 Å². The van der Waals surface area contributed by atoms with Crippen molar-refractivity contribution in [2.75, 3.05) is 5.32 Å². The zero-order valence-corrected chi connectivity index (χ0v) is 17.7. The highest BCUT2D eigenvalue weighted by molar-refractivity contribution is 8.01. The number of amides is 1. The average Bonchev–Trinajstić information content (AvgIpc) is 3.05. The first-order chi connectivity index (χ1) is 13.5. The van der Waals surface area contributed by atoms with Gasteiger partial charge in [0.1, 0.15) is 22.1 Å². The summed E-state index contributed by atoms with van der Waals surface area (Å²) in [6, 6.07) is 6.56. The molecular formula is C21H25N3O2S2. The van der Waals surface area contributed by atoms with Crippen LogP contribution in [0.2, 0.25) is 0 Å². The van der Waals surface area contributed by atoms with Crippen LogP contribution in [-0.2, 0) is 4.79 Å². The van der Waals surface area contributed by atoms with E-state index in [1.54, 1.807) is 42.4 Å². The van der Waals surface area contributed by atoms with Gasteiger partial charge in [-0.25, -0.2) is 9.97 Å². The molecule has 5 nitrogen and oxygen atoms in total. The Morgan fingerprint density at radius 1 is 1.32 bits per heavy atom. The van der Waals surface area contributed by atoms with Gasteiger partial charge in [-0.15, -0.1) is 11.8 Å². The van der Waals surface area contributed by atoms with Gasteiger partial charge in [-0.05, 0) is 49.4 Å². The Bertz CT molecular complexity index is 859. The van der Waals surface area contributed by atoms with Crippen molar-refractivity contribution in [3.63, 3.8) is 0 Å². The van der Waals surface area contributed by atoms with Crippen LogP contribution >= 0.6 is 23.5 Å². The van der Waals surface area contributed by atoms with Crippen molar-refractivity contribution in [3.8, 4) is 5.75 Å². The van der Waals surface area contributed by atoms with Gasteiger partial charge in [-0.3, -0.25) is 4.79 Å². The first-order valence-electron chi connectivity index (χ1n) is 9.83. The number of carbonyl (C=O) groups is 1. The summed E-state index contributed by atoms with van der Waals surface area (Å²) >= 11 is 3.45. The number of nitrogens with one attached hydrogen (secondary N) is 1. The third kappa shape index (κ3) is 4.01. The molecular weight excluding hydrogens is 390 g/mol. The Kier molecular flexibility index (Phi) is 5.83. The maximum absolute atomic E-state index is 12.8. The van der Waals surface area contributed by atoms with Crippen LogP contribution in [0.25, 0.3) is 0 Å². The molecule has 1 fully saturated rings. The van der Waals surface area contributed by atoms with E-state index in [4.69, 9.17) is 0 Å². The van der Waals surface area contributed by atoms with Crippen LogP contribution in [0.4, 0.5) is 5.69 Å². The lowest BCUT2D eigenvalue weighted by atomic mass is 9.80. The molecule has 1 aromatic heterocycles. The van der Waals surface area contributed by atoms with E-state index < -0.39 is 0 Å². The van der Waals surface area contributed by atoms with Gasteiger partial charge in [-0.2, -0.15) is 0 Å². The summed E-state index contributed by atoms with van der Waals surface area (Å²) in [6.07, 6.45) is 6.02. The zero-order valence-electron chi connectivity index (χ0n) is 16.1. The van der Waals surface area contributed by atoms with Crippen molar-refractivity contribution in [1.82, 2.24) is 9.97 Å². The summed E-state index contributed by atoms with van der Waals surface area (Å²) in [4.78, 5) is 21.9. The number of nitrogens with zero attached hydrogens (tertiary/aromatic N) is 2. The molecule has 1 amide bonds. The molecule has 0 saturated heterocycles. The second-order valence-corrected chi connectivity index (χ2v) is 10.0. The Balaban J connectivity index is 1.51. The van der Waals surface area contributed by atoms with Crippen molar-refractivity contribution in [3.05, 3.63) is 36.2 Å². The number of anilines is 1. The molecule has 2 heterocycles. The summed E-state index contributed by atoms with van der Waals surface area (Å²) < 4.78 is 0. The molecule has 7 heteroatoms. The highest BCUT2D eigenvalue weighted by Crippen LogP contribution is 2.54. The second-order valence-electron chi connectivity index (χ2n) is 7.63. The molecule has 1 aliphatic heterocycles. The van der Waals surface area contributed by atoms with Crippen LogP contribution in [0.15, 0.2) is 40.6 Å². The largest absolute Gasteiger partial charge is 0.508 e. The fourth-order valence-electron chi connectivity index (χ4n) is 4.03. The summed E-state index contributed by atoms with van der Waals surface area (Å²) in [5, 5.41) is 14.8. The monoisotopic (exact) mass is 415 g/mol. The van der Waals surface area contributed by atoms with E-state index in [0.29, 0.717) is 23.3 Å². The van der Waals surface area contributed by atoms with Crippen LogP contribution in [0, 0.1) is 5.92 Å². The minimum Gasteiger partial charge on any atom is -0.508 e. The van der Waals surface area contributed by atoms with Crippen LogP contribution in [0.5, 0.6) is 5.75 Å². The molecule has 148 valence electrons. The van der Waals surface area contributed by atoms with E-state index in [-0.39, 0.29) is 16.9 Å². The van der Waals surface area contributed by atoms with E-state index in [1.807, 2.05) is 18.7 Å². The number of hydrogen-bond donors (Lipinski definition) is 2. The van der Waals surface area contributed by atoms with Gasteiger partial charge in [0.05, 0.1) is 5.25 Å². The number of aromatic nitrogens is 2. The average molecular weight is 416 g/mol. The molecule has 0 spiro atoms. The van der Waals surface area contributed by atoms with Crippen molar-refractivity contribution < 1.29 is 9.90 Å². The van der Waals surface area contributed by atoms with Crippen molar-refractivity contribution in [1.29, 1.82) is 0 Å². The Hall–Kier alpha value is -1.73. The number of benzene rings is 1. The second kappa shape index (κ2) is 8.33. The first kappa shape index (κ1) is 19.6.